The molecule has 1 atom stereocenters. The minimum absolute atomic E-state index is 0.0624. The molecule has 1 heterocycles. The zero-order chi connectivity index (χ0) is 18.4. The van der Waals surface area contributed by atoms with Crippen LogP contribution in [0.1, 0.15) is 37.2 Å². The van der Waals surface area contributed by atoms with E-state index in [0.29, 0.717) is 24.2 Å². The molecule has 0 radical (unpaired) electrons. The van der Waals surface area contributed by atoms with Gasteiger partial charge in [0.15, 0.2) is 0 Å². The van der Waals surface area contributed by atoms with E-state index in [1.807, 2.05) is 32.9 Å². The molecule has 0 fully saturated rings. The lowest BCUT2D eigenvalue weighted by Crippen LogP contribution is -2.37. The number of rotatable bonds is 6. The van der Waals surface area contributed by atoms with Gasteiger partial charge in [-0.2, -0.15) is 5.10 Å². The maximum absolute atomic E-state index is 12.2. The molecule has 0 saturated carbocycles. The van der Waals surface area contributed by atoms with Crippen LogP contribution in [0, 0.1) is 13.8 Å². The third-order valence-electron chi connectivity index (χ3n) is 3.74. The van der Waals surface area contributed by atoms with Crippen LogP contribution < -0.4 is 16.0 Å². The Bertz CT molecular complexity index is 754. The number of carbonyl (C=O) groups excluding carboxylic acids is 2. The number of hydrogen-bond acceptors (Lipinski definition) is 3. The van der Waals surface area contributed by atoms with Gasteiger partial charge in [-0.05, 0) is 44.5 Å². The molecular formula is C18H25N5O2. The topological polar surface area (TPSA) is 98.9 Å². The van der Waals surface area contributed by atoms with Crippen LogP contribution in [0.2, 0.25) is 0 Å². The predicted octanol–water partition coefficient (Wildman–Crippen LogP) is 3.13. The standard InChI is InChI=1S/C18H25N5O2/c1-5-17(24)21-16-10-14(7-6-11(16)2)20-18(25)19-12(3)8-15-9-13(4)22-23-15/h6-7,9-10,12H,5,8H2,1-4H3,(H,21,24)(H,22,23)(H2,19,20,25)/t12-/m1/s1. The van der Waals surface area contributed by atoms with Gasteiger partial charge < -0.3 is 16.0 Å². The molecule has 0 spiro atoms. The summed E-state index contributed by atoms with van der Waals surface area (Å²) in [5.74, 6) is -0.0624. The number of anilines is 2. The second kappa shape index (κ2) is 8.32. The predicted molar refractivity (Wildman–Crippen MR) is 98.7 cm³/mol. The molecule has 7 heteroatoms. The Labute approximate surface area is 147 Å². The third-order valence-corrected chi connectivity index (χ3v) is 3.74. The first-order valence-corrected chi connectivity index (χ1v) is 8.36. The van der Waals surface area contributed by atoms with Crippen LogP contribution in [-0.4, -0.2) is 28.2 Å². The summed E-state index contributed by atoms with van der Waals surface area (Å²) < 4.78 is 0. The Balaban J connectivity index is 1.93. The number of benzene rings is 1. The van der Waals surface area contributed by atoms with Gasteiger partial charge in [-0.25, -0.2) is 4.79 Å². The molecule has 2 aromatic rings. The largest absolute Gasteiger partial charge is 0.335 e. The summed E-state index contributed by atoms with van der Waals surface area (Å²) in [6.45, 7) is 7.56. The van der Waals surface area contributed by atoms with Crippen molar-refractivity contribution < 1.29 is 9.59 Å². The molecule has 0 saturated heterocycles. The first-order chi connectivity index (χ1) is 11.9. The van der Waals surface area contributed by atoms with E-state index in [4.69, 9.17) is 0 Å². The summed E-state index contributed by atoms with van der Waals surface area (Å²) in [6.07, 6.45) is 1.05. The quantitative estimate of drug-likeness (QED) is 0.648. The zero-order valence-corrected chi connectivity index (χ0v) is 15.1. The molecule has 4 N–H and O–H groups in total. The number of urea groups is 1. The second-order valence-electron chi connectivity index (χ2n) is 6.18. The average molecular weight is 343 g/mol. The molecule has 1 aromatic heterocycles. The lowest BCUT2D eigenvalue weighted by atomic mass is 10.1. The molecule has 0 aliphatic heterocycles. The number of aromatic amines is 1. The Morgan fingerprint density at radius 3 is 2.60 bits per heavy atom. The summed E-state index contributed by atoms with van der Waals surface area (Å²) in [6, 6.07) is 7.02. The molecule has 25 heavy (non-hydrogen) atoms. The summed E-state index contributed by atoms with van der Waals surface area (Å²) in [4.78, 5) is 23.7. The van der Waals surface area contributed by atoms with E-state index < -0.39 is 0 Å². The van der Waals surface area contributed by atoms with E-state index in [1.165, 1.54) is 0 Å². The van der Waals surface area contributed by atoms with E-state index in [1.54, 1.807) is 19.1 Å². The van der Waals surface area contributed by atoms with Crippen molar-refractivity contribution in [3.05, 3.63) is 41.2 Å². The summed E-state index contributed by atoms with van der Waals surface area (Å²) in [5, 5.41) is 15.6. The van der Waals surface area contributed by atoms with Crippen LogP contribution in [0.25, 0.3) is 0 Å². The van der Waals surface area contributed by atoms with Crippen LogP contribution in [0.3, 0.4) is 0 Å². The second-order valence-corrected chi connectivity index (χ2v) is 6.18. The highest BCUT2D eigenvalue weighted by Gasteiger charge is 2.11. The van der Waals surface area contributed by atoms with Gasteiger partial charge in [0.25, 0.3) is 0 Å². The molecule has 0 unspecified atom stereocenters. The molecule has 2 rings (SSSR count). The summed E-state index contributed by atoms with van der Waals surface area (Å²) in [5.41, 5.74) is 4.16. The Morgan fingerprint density at radius 2 is 1.96 bits per heavy atom. The van der Waals surface area contributed by atoms with Crippen LogP contribution in [-0.2, 0) is 11.2 Å². The molecule has 0 bridgehead atoms. The number of nitrogens with zero attached hydrogens (tertiary/aromatic N) is 1. The molecule has 0 aliphatic carbocycles. The van der Waals surface area contributed by atoms with Crippen molar-refractivity contribution in [1.82, 2.24) is 15.5 Å². The highest BCUT2D eigenvalue weighted by atomic mass is 16.2. The summed E-state index contributed by atoms with van der Waals surface area (Å²) in [7, 11) is 0. The van der Waals surface area contributed by atoms with Crippen molar-refractivity contribution in [2.75, 3.05) is 10.6 Å². The highest BCUT2D eigenvalue weighted by molar-refractivity contribution is 5.94. The van der Waals surface area contributed by atoms with Gasteiger partial charge in [0.1, 0.15) is 0 Å². The molecule has 134 valence electrons. The Hall–Kier alpha value is -2.83. The van der Waals surface area contributed by atoms with Gasteiger partial charge in [0, 0.05) is 36.0 Å². The number of nitrogens with one attached hydrogen (secondary N) is 4. The number of H-pyrrole nitrogens is 1. The van der Waals surface area contributed by atoms with E-state index in [0.717, 1.165) is 17.0 Å². The average Bonchev–Trinajstić information content (AvgIpc) is 2.95. The SMILES string of the molecule is CCC(=O)Nc1cc(NC(=O)N[C@H](C)Cc2cc(C)[nH]n2)ccc1C. The van der Waals surface area contributed by atoms with Crippen molar-refractivity contribution in [2.45, 2.75) is 46.6 Å². The van der Waals surface area contributed by atoms with Gasteiger partial charge in [-0.1, -0.05) is 13.0 Å². The zero-order valence-electron chi connectivity index (χ0n) is 15.1. The number of carbonyl (C=O) groups is 2. The number of hydrogen-bond donors (Lipinski definition) is 4. The smallest absolute Gasteiger partial charge is 0.319 e. The van der Waals surface area contributed by atoms with E-state index in [-0.39, 0.29) is 18.0 Å². The van der Waals surface area contributed by atoms with Gasteiger partial charge in [-0.15, -0.1) is 0 Å². The van der Waals surface area contributed by atoms with Crippen LogP contribution in [0.5, 0.6) is 0 Å². The lowest BCUT2D eigenvalue weighted by molar-refractivity contribution is -0.115. The molecular weight excluding hydrogens is 318 g/mol. The van der Waals surface area contributed by atoms with Gasteiger partial charge >= 0.3 is 6.03 Å². The van der Waals surface area contributed by atoms with E-state index in [2.05, 4.69) is 26.1 Å². The molecule has 3 amide bonds. The van der Waals surface area contributed by atoms with Gasteiger partial charge in [0.2, 0.25) is 5.91 Å². The van der Waals surface area contributed by atoms with Gasteiger partial charge in [0.05, 0.1) is 5.69 Å². The third kappa shape index (κ3) is 5.63. The van der Waals surface area contributed by atoms with Crippen molar-refractivity contribution in [1.29, 1.82) is 0 Å². The Morgan fingerprint density at radius 1 is 1.20 bits per heavy atom. The fraction of sp³-hybridized carbons (Fsp3) is 0.389. The van der Waals surface area contributed by atoms with Crippen LogP contribution in [0.4, 0.5) is 16.2 Å². The molecule has 0 aliphatic rings. The minimum Gasteiger partial charge on any atom is -0.335 e. The van der Waals surface area contributed by atoms with Crippen molar-refractivity contribution in [3.8, 4) is 0 Å². The maximum Gasteiger partial charge on any atom is 0.319 e. The first-order valence-electron chi connectivity index (χ1n) is 8.36. The number of amides is 3. The summed E-state index contributed by atoms with van der Waals surface area (Å²) >= 11 is 0. The number of aromatic nitrogens is 2. The first kappa shape index (κ1) is 18.5. The lowest BCUT2D eigenvalue weighted by Gasteiger charge is -2.15. The van der Waals surface area contributed by atoms with Gasteiger partial charge in [-0.3, -0.25) is 9.89 Å². The van der Waals surface area contributed by atoms with Crippen molar-refractivity contribution >= 4 is 23.3 Å². The van der Waals surface area contributed by atoms with Crippen LogP contribution >= 0.6 is 0 Å². The Kier molecular flexibility index (Phi) is 6.16. The van der Waals surface area contributed by atoms with E-state index in [9.17, 15) is 9.59 Å². The fourth-order valence-corrected chi connectivity index (χ4v) is 2.41. The number of aryl methyl sites for hydroxylation is 2. The van der Waals surface area contributed by atoms with E-state index >= 15 is 0 Å². The minimum atomic E-state index is -0.295. The molecule has 1 aromatic carbocycles. The highest BCUT2D eigenvalue weighted by Crippen LogP contribution is 2.20. The normalized spacial score (nSPS) is 11.7. The molecule has 7 nitrogen and oxygen atoms in total. The fourth-order valence-electron chi connectivity index (χ4n) is 2.41. The monoisotopic (exact) mass is 343 g/mol. The van der Waals surface area contributed by atoms with Crippen molar-refractivity contribution in [2.24, 2.45) is 0 Å². The van der Waals surface area contributed by atoms with Crippen molar-refractivity contribution in [3.63, 3.8) is 0 Å². The maximum atomic E-state index is 12.2. The van der Waals surface area contributed by atoms with Crippen LogP contribution in [0.15, 0.2) is 24.3 Å².